The zero-order valence-electron chi connectivity index (χ0n) is 24.3. The number of hydrogen-bond acceptors (Lipinski definition) is 3. The van der Waals surface area contributed by atoms with Crippen molar-refractivity contribution < 1.29 is 14.3 Å². The Hall–Kier alpha value is -2.29. The Kier molecular flexibility index (Phi) is 22.1. The number of carbonyl (C=O) groups excluding carboxylic acids is 1. The number of esters is 1. The van der Waals surface area contributed by atoms with Gasteiger partial charge in [-0.25, -0.2) is 0 Å². The molecule has 4 atom stereocenters. The van der Waals surface area contributed by atoms with Gasteiger partial charge in [0.1, 0.15) is 11.5 Å². The Morgan fingerprint density at radius 2 is 0.974 bits per heavy atom. The summed E-state index contributed by atoms with van der Waals surface area (Å²) in [5.74, 6) is 3.31. The van der Waals surface area contributed by atoms with Gasteiger partial charge in [-0.1, -0.05) is 123 Å². The minimum atomic E-state index is -0.201. The van der Waals surface area contributed by atoms with E-state index < -0.39 is 0 Å². The maximum Gasteiger partial charge on any atom is 0.313 e. The topological polar surface area (TPSA) is 35.5 Å². The normalized spacial score (nSPS) is 22.7. The molecule has 1 aliphatic carbocycles. The van der Waals surface area contributed by atoms with Crippen molar-refractivity contribution in [3.63, 3.8) is 0 Å². The summed E-state index contributed by atoms with van der Waals surface area (Å²) in [6, 6.07) is 16.9. The highest BCUT2D eigenvalue weighted by atomic mass is 16.5. The molecule has 1 fully saturated rings. The van der Waals surface area contributed by atoms with Crippen molar-refractivity contribution in [3.05, 3.63) is 59.7 Å². The van der Waals surface area contributed by atoms with Gasteiger partial charge in [0.15, 0.2) is 0 Å². The van der Waals surface area contributed by atoms with Gasteiger partial charge in [0.25, 0.3) is 0 Å². The van der Waals surface area contributed by atoms with E-state index in [9.17, 15) is 4.79 Å². The first-order chi connectivity index (χ1) is 16.6. The van der Waals surface area contributed by atoms with Crippen molar-refractivity contribution in [1.82, 2.24) is 0 Å². The van der Waals surface area contributed by atoms with Crippen molar-refractivity contribution in [2.45, 2.75) is 124 Å². The fourth-order valence-electron chi connectivity index (χ4n) is 5.49. The highest BCUT2D eigenvalue weighted by Gasteiger charge is 2.55. The van der Waals surface area contributed by atoms with Crippen molar-refractivity contribution in [1.29, 1.82) is 0 Å². The SMILES string of the molecule is C.C.C.C.CC.CC.CC(C)Oc1ccc(C2(c3ccc(OC(=O)C(C)C)cc3)C(C)C(C)C(C)C2C)cc1. The summed E-state index contributed by atoms with van der Waals surface area (Å²) in [7, 11) is 0. The molecule has 3 rings (SSSR count). The van der Waals surface area contributed by atoms with Crippen LogP contribution in [0.4, 0.5) is 0 Å². The Balaban J connectivity index is -0.000000731. The van der Waals surface area contributed by atoms with Gasteiger partial charge in [0, 0.05) is 5.41 Å². The largest absolute Gasteiger partial charge is 0.491 e. The molecule has 3 heteroatoms. The molecule has 0 saturated heterocycles. The van der Waals surface area contributed by atoms with Gasteiger partial charge in [-0.05, 0) is 72.9 Å². The lowest BCUT2D eigenvalue weighted by atomic mass is 9.63. The average molecular weight is 547 g/mol. The monoisotopic (exact) mass is 547 g/mol. The second kappa shape index (κ2) is 19.7. The lowest BCUT2D eigenvalue weighted by molar-refractivity contribution is -0.137. The first kappa shape index (κ1) is 43.8. The minimum Gasteiger partial charge on any atom is -0.491 e. The lowest BCUT2D eigenvalue weighted by Crippen LogP contribution is -2.37. The molecular formula is C36H66O3. The fourth-order valence-corrected chi connectivity index (χ4v) is 5.49. The molecule has 0 spiro atoms. The van der Waals surface area contributed by atoms with E-state index in [0.717, 1.165) is 5.75 Å². The van der Waals surface area contributed by atoms with E-state index in [1.807, 2.05) is 67.5 Å². The standard InChI is InChI=1S/C28H38O3.2C2H6.4CH4/c1-17(2)27(29)31-26-15-11-24(12-16-26)28(21(7)19(5)20(6)22(28)8)23-9-13-25(14-10-23)30-18(3)4;2*1-2;;;;/h9-22H,1-8H3;2*1-2H3;4*1H4. The summed E-state index contributed by atoms with van der Waals surface area (Å²) in [6.45, 7) is 25.3. The van der Waals surface area contributed by atoms with Crippen LogP contribution in [0.3, 0.4) is 0 Å². The van der Waals surface area contributed by atoms with E-state index in [1.54, 1.807) is 0 Å². The zero-order chi connectivity index (χ0) is 26.9. The second-order valence-corrected chi connectivity index (χ2v) is 9.96. The van der Waals surface area contributed by atoms with Gasteiger partial charge < -0.3 is 9.47 Å². The first-order valence-corrected chi connectivity index (χ1v) is 13.7. The maximum atomic E-state index is 12.0. The third-order valence-corrected chi connectivity index (χ3v) is 7.57. The van der Waals surface area contributed by atoms with Gasteiger partial charge in [-0.3, -0.25) is 4.79 Å². The van der Waals surface area contributed by atoms with Crippen LogP contribution in [-0.2, 0) is 10.2 Å². The summed E-state index contributed by atoms with van der Waals surface area (Å²) < 4.78 is 11.4. The average Bonchev–Trinajstić information content (AvgIpc) is 3.03. The van der Waals surface area contributed by atoms with Crippen molar-refractivity contribution >= 4 is 5.97 Å². The summed E-state index contributed by atoms with van der Waals surface area (Å²) in [4.78, 5) is 12.0. The quantitative estimate of drug-likeness (QED) is 0.267. The Morgan fingerprint density at radius 1 is 0.641 bits per heavy atom. The predicted molar refractivity (Wildman–Crippen MR) is 176 cm³/mol. The molecule has 2 aromatic rings. The number of rotatable bonds is 6. The molecule has 0 aromatic heterocycles. The van der Waals surface area contributed by atoms with Crippen molar-refractivity contribution in [2.24, 2.45) is 29.6 Å². The van der Waals surface area contributed by atoms with Crippen LogP contribution in [0.5, 0.6) is 11.5 Å². The van der Waals surface area contributed by atoms with Crippen LogP contribution < -0.4 is 9.47 Å². The molecular weight excluding hydrogens is 480 g/mol. The van der Waals surface area contributed by atoms with E-state index in [2.05, 4.69) is 64.1 Å². The lowest BCUT2D eigenvalue weighted by Gasteiger charge is -2.40. The highest BCUT2D eigenvalue weighted by Crippen LogP contribution is 2.58. The molecule has 2 aromatic carbocycles. The van der Waals surface area contributed by atoms with Gasteiger partial charge in [-0.15, -0.1) is 0 Å². The molecule has 0 heterocycles. The summed E-state index contributed by atoms with van der Waals surface area (Å²) in [5.41, 5.74) is 2.51. The van der Waals surface area contributed by atoms with E-state index in [0.29, 0.717) is 29.4 Å². The van der Waals surface area contributed by atoms with Gasteiger partial charge in [0.2, 0.25) is 0 Å². The summed E-state index contributed by atoms with van der Waals surface area (Å²) in [5, 5.41) is 0. The van der Waals surface area contributed by atoms with Gasteiger partial charge >= 0.3 is 5.97 Å². The van der Waals surface area contributed by atoms with Crippen LogP contribution in [0.2, 0.25) is 0 Å². The molecule has 4 unspecified atom stereocenters. The third-order valence-electron chi connectivity index (χ3n) is 7.57. The summed E-state index contributed by atoms with van der Waals surface area (Å²) >= 11 is 0. The predicted octanol–water partition coefficient (Wildman–Crippen LogP) is 11.5. The smallest absolute Gasteiger partial charge is 0.313 e. The molecule has 0 N–H and O–H groups in total. The number of benzene rings is 2. The molecule has 3 nitrogen and oxygen atoms in total. The molecule has 0 amide bonds. The second-order valence-electron chi connectivity index (χ2n) is 9.96. The molecule has 39 heavy (non-hydrogen) atoms. The van der Waals surface area contributed by atoms with Gasteiger partial charge in [0.05, 0.1) is 12.0 Å². The third kappa shape index (κ3) is 9.40. The first-order valence-electron chi connectivity index (χ1n) is 13.7. The number of ether oxygens (including phenoxy) is 2. The Labute approximate surface area is 245 Å². The van der Waals surface area contributed by atoms with Crippen LogP contribution in [0.25, 0.3) is 0 Å². The molecule has 228 valence electrons. The van der Waals surface area contributed by atoms with Gasteiger partial charge in [-0.2, -0.15) is 0 Å². The number of carbonyl (C=O) groups is 1. The van der Waals surface area contributed by atoms with Crippen molar-refractivity contribution in [2.75, 3.05) is 0 Å². The van der Waals surface area contributed by atoms with E-state index in [-0.39, 0.29) is 53.1 Å². The highest BCUT2D eigenvalue weighted by molar-refractivity contribution is 5.74. The molecule has 0 bridgehead atoms. The summed E-state index contributed by atoms with van der Waals surface area (Å²) in [6.07, 6.45) is 0.158. The maximum absolute atomic E-state index is 12.0. The fraction of sp³-hybridized carbons (Fsp3) is 0.639. The Bertz CT molecular complexity index is 867. The minimum absolute atomic E-state index is 0. The van der Waals surface area contributed by atoms with E-state index >= 15 is 0 Å². The zero-order valence-corrected chi connectivity index (χ0v) is 24.3. The number of hydrogen-bond donors (Lipinski definition) is 0. The molecule has 0 radical (unpaired) electrons. The molecule has 0 aliphatic heterocycles. The van der Waals surface area contributed by atoms with Crippen LogP contribution in [0.15, 0.2) is 48.5 Å². The Morgan fingerprint density at radius 3 is 1.28 bits per heavy atom. The van der Waals surface area contributed by atoms with Crippen LogP contribution in [0.1, 0.15) is 124 Å². The molecule has 1 aliphatic rings. The van der Waals surface area contributed by atoms with Crippen molar-refractivity contribution in [3.8, 4) is 11.5 Å². The van der Waals surface area contributed by atoms with E-state index in [4.69, 9.17) is 9.47 Å². The van der Waals surface area contributed by atoms with E-state index in [1.165, 1.54) is 11.1 Å². The van der Waals surface area contributed by atoms with Crippen LogP contribution in [-0.4, -0.2) is 12.1 Å². The van der Waals surface area contributed by atoms with Crippen LogP contribution >= 0.6 is 0 Å². The molecule has 1 saturated carbocycles. The van der Waals surface area contributed by atoms with Crippen LogP contribution in [0, 0.1) is 29.6 Å².